The molecule has 1 aromatic heterocycles. The van der Waals surface area contributed by atoms with Gasteiger partial charge in [-0.1, -0.05) is 6.07 Å². The zero-order chi connectivity index (χ0) is 20.4. The van der Waals surface area contributed by atoms with Gasteiger partial charge in [-0.25, -0.2) is 8.42 Å². The number of nitrogens with zero attached hydrogens (tertiary/aromatic N) is 2. The maximum absolute atomic E-state index is 13.0. The van der Waals surface area contributed by atoms with Gasteiger partial charge in [0.25, 0.3) is 5.91 Å². The summed E-state index contributed by atoms with van der Waals surface area (Å²) in [4.78, 5) is 14.6. The normalized spacial score (nSPS) is 18.6. The Labute approximate surface area is 171 Å². The molecule has 0 unspecified atom stereocenters. The van der Waals surface area contributed by atoms with E-state index in [2.05, 4.69) is 0 Å². The van der Waals surface area contributed by atoms with Crippen LogP contribution in [0.2, 0.25) is 0 Å². The molecule has 29 heavy (non-hydrogen) atoms. The molecule has 1 saturated heterocycles. The van der Waals surface area contributed by atoms with E-state index in [0.717, 1.165) is 30.6 Å². The van der Waals surface area contributed by atoms with Gasteiger partial charge in [-0.05, 0) is 61.6 Å². The first-order valence-corrected chi connectivity index (χ1v) is 11.7. The van der Waals surface area contributed by atoms with Gasteiger partial charge in [0.05, 0.1) is 11.2 Å². The van der Waals surface area contributed by atoms with E-state index in [1.54, 1.807) is 17.2 Å². The molecule has 1 aliphatic heterocycles. The summed E-state index contributed by atoms with van der Waals surface area (Å²) in [7, 11) is -3.51. The van der Waals surface area contributed by atoms with Gasteiger partial charge in [0, 0.05) is 26.2 Å². The number of fused-ring (bicyclic) bond motifs is 1. The fraction of sp³-hybridized carbons (Fsp3) is 0.476. The summed E-state index contributed by atoms with van der Waals surface area (Å²) in [5.41, 5.74) is 2.42. The number of carbonyl (C=O) groups excluding carboxylic acids is 1. The minimum absolute atomic E-state index is 0.0259. The topological polar surface area (TPSA) is 87.4 Å². The molecular formula is C21H28N3O4S+. The van der Waals surface area contributed by atoms with Gasteiger partial charge in [-0.3, -0.25) is 4.79 Å². The summed E-state index contributed by atoms with van der Waals surface area (Å²) in [5, 5.41) is 1.94. The quantitative estimate of drug-likeness (QED) is 0.756. The van der Waals surface area contributed by atoms with Gasteiger partial charge in [-0.15, -0.1) is 0 Å². The number of hydrogen-bond donors (Lipinski definition) is 1. The van der Waals surface area contributed by atoms with E-state index in [0.29, 0.717) is 37.6 Å². The molecular weight excluding hydrogens is 390 g/mol. The molecule has 0 spiro atoms. The van der Waals surface area contributed by atoms with Gasteiger partial charge in [0.2, 0.25) is 10.0 Å². The first kappa shape index (κ1) is 20.1. The van der Waals surface area contributed by atoms with Crippen molar-refractivity contribution in [3.63, 3.8) is 0 Å². The fourth-order valence-corrected chi connectivity index (χ4v) is 5.58. The van der Waals surface area contributed by atoms with Crippen LogP contribution in [0, 0.1) is 0 Å². The lowest BCUT2D eigenvalue weighted by molar-refractivity contribution is -0.685. The number of rotatable bonds is 6. The Morgan fingerprint density at radius 1 is 1.14 bits per heavy atom. The van der Waals surface area contributed by atoms with Crippen molar-refractivity contribution in [2.45, 2.75) is 37.1 Å². The smallest absolute Gasteiger partial charge is 0.277 e. The Morgan fingerprint density at radius 2 is 1.90 bits per heavy atom. The van der Waals surface area contributed by atoms with E-state index in [1.807, 2.05) is 36.5 Å². The standard InChI is InChI=1S/C21H27N3O4S/c1-16(20-6-3-13-28-20)22-15-21(25)23-9-11-24(12-10-23)29(26,27)19-8-7-17-4-2-5-18(17)14-19/h3,6-8,13-14,16,22H,2,4-5,9-12,15H2,1H3/p+1/t16-/m0/s1. The van der Waals surface area contributed by atoms with Crippen LogP contribution in [0.1, 0.15) is 36.3 Å². The van der Waals surface area contributed by atoms with E-state index < -0.39 is 10.0 Å². The molecule has 2 heterocycles. The zero-order valence-corrected chi connectivity index (χ0v) is 17.5. The van der Waals surface area contributed by atoms with E-state index in [1.165, 1.54) is 9.87 Å². The minimum atomic E-state index is -3.51. The van der Waals surface area contributed by atoms with Gasteiger partial charge >= 0.3 is 0 Å². The third-order valence-corrected chi connectivity index (χ3v) is 7.83. The van der Waals surface area contributed by atoms with Crippen molar-refractivity contribution >= 4 is 15.9 Å². The first-order chi connectivity index (χ1) is 13.9. The maximum Gasteiger partial charge on any atom is 0.277 e. The molecule has 4 rings (SSSR count). The number of furan rings is 1. The van der Waals surface area contributed by atoms with Gasteiger partial charge in [-0.2, -0.15) is 4.31 Å². The Kier molecular flexibility index (Phi) is 5.76. The highest BCUT2D eigenvalue weighted by molar-refractivity contribution is 7.89. The molecule has 7 nitrogen and oxygen atoms in total. The molecule has 2 aromatic rings. The molecule has 8 heteroatoms. The number of sulfonamides is 1. The van der Waals surface area contributed by atoms with Crippen molar-refractivity contribution in [2.75, 3.05) is 32.7 Å². The number of amides is 1. The van der Waals surface area contributed by atoms with Crippen molar-refractivity contribution in [1.29, 1.82) is 0 Å². The second kappa shape index (κ2) is 8.30. The second-order valence-electron chi connectivity index (χ2n) is 7.81. The monoisotopic (exact) mass is 418 g/mol. The summed E-state index contributed by atoms with van der Waals surface area (Å²) >= 11 is 0. The van der Waals surface area contributed by atoms with Crippen LogP contribution in [-0.4, -0.2) is 56.3 Å². The summed E-state index contributed by atoms with van der Waals surface area (Å²) in [6.45, 7) is 3.82. The highest BCUT2D eigenvalue weighted by Crippen LogP contribution is 2.26. The third-order valence-electron chi connectivity index (χ3n) is 5.94. The van der Waals surface area contributed by atoms with Crippen molar-refractivity contribution in [1.82, 2.24) is 9.21 Å². The van der Waals surface area contributed by atoms with Crippen LogP contribution < -0.4 is 5.32 Å². The third kappa shape index (κ3) is 4.24. The van der Waals surface area contributed by atoms with Crippen LogP contribution in [0.15, 0.2) is 45.9 Å². The molecule has 1 amide bonds. The molecule has 1 aliphatic carbocycles. The average Bonchev–Trinajstić information content (AvgIpc) is 3.43. The van der Waals surface area contributed by atoms with Gasteiger partial charge in [0.1, 0.15) is 6.04 Å². The predicted octanol–water partition coefficient (Wildman–Crippen LogP) is 0.926. The largest absolute Gasteiger partial charge is 0.463 e. The summed E-state index contributed by atoms with van der Waals surface area (Å²) in [5.74, 6) is 0.862. The Bertz CT molecular complexity index is 964. The first-order valence-electron chi connectivity index (χ1n) is 10.2. The lowest BCUT2D eigenvalue weighted by atomic mass is 10.1. The number of benzene rings is 1. The van der Waals surface area contributed by atoms with E-state index in [4.69, 9.17) is 4.42 Å². The lowest BCUT2D eigenvalue weighted by Gasteiger charge is -2.33. The second-order valence-corrected chi connectivity index (χ2v) is 9.75. The van der Waals surface area contributed by atoms with Gasteiger partial charge in [0.15, 0.2) is 12.3 Å². The molecule has 1 aromatic carbocycles. The molecule has 0 radical (unpaired) electrons. The van der Waals surface area contributed by atoms with Crippen LogP contribution in [0.4, 0.5) is 0 Å². The van der Waals surface area contributed by atoms with Crippen molar-refractivity contribution in [3.05, 3.63) is 53.5 Å². The fourth-order valence-electron chi connectivity index (χ4n) is 4.11. The highest BCUT2D eigenvalue weighted by atomic mass is 32.2. The molecule has 0 bridgehead atoms. The minimum Gasteiger partial charge on any atom is -0.463 e. The van der Waals surface area contributed by atoms with Crippen LogP contribution in [0.25, 0.3) is 0 Å². The SMILES string of the molecule is C[C@H]([NH2+]CC(=O)N1CCN(S(=O)(=O)c2ccc3c(c2)CCC3)CC1)c1ccco1. The Morgan fingerprint density at radius 3 is 2.62 bits per heavy atom. The zero-order valence-electron chi connectivity index (χ0n) is 16.7. The molecule has 1 atom stereocenters. The number of carbonyl (C=O) groups is 1. The molecule has 0 saturated carbocycles. The van der Waals surface area contributed by atoms with E-state index >= 15 is 0 Å². The summed E-state index contributed by atoms with van der Waals surface area (Å²) in [6, 6.07) is 9.30. The van der Waals surface area contributed by atoms with Gasteiger partial charge < -0.3 is 14.6 Å². The summed E-state index contributed by atoms with van der Waals surface area (Å²) in [6.07, 6.45) is 4.71. The van der Waals surface area contributed by atoms with Crippen molar-refractivity contribution in [3.8, 4) is 0 Å². The average molecular weight is 419 g/mol. The Hall–Kier alpha value is -2.16. The van der Waals surface area contributed by atoms with Crippen LogP contribution in [-0.2, 0) is 27.7 Å². The number of nitrogens with two attached hydrogens (primary N) is 1. The summed E-state index contributed by atoms with van der Waals surface area (Å²) < 4.78 is 32.9. The maximum atomic E-state index is 13.0. The number of piperazine rings is 1. The highest BCUT2D eigenvalue weighted by Gasteiger charge is 2.31. The van der Waals surface area contributed by atoms with Crippen LogP contribution >= 0.6 is 0 Å². The molecule has 2 aliphatic rings. The van der Waals surface area contributed by atoms with E-state index in [9.17, 15) is 13.2 Å². The number of aryl methyl sites for hydroxylation is 2. The number of hydrogen-bond acceptors (Lipinski definition) is 4. The van der Waals surface area contributed by atoms with Crippen molar-refractivity contribution < 1.29 is 22.9 Å². The van der Waals surface area contributed by atoms with Crippen molar-refractivity contribution in [2.24, 2.45) is 0 Å². The Balaban J connectivity index is 1.32. The molecule has 156 valence electrons. The molecule has 2 N–H and O–H groups in total. The van der Waals surface area contributed by atoms with Crippen LogP contribution in [0.3, 0.4) is 0 Å². The lowest BCUT2D eigenvalue weighted by Crippen LogP contribution is -2.87. The van der Waals surface area contributed by atoms with E-state index in [-0.39, 0.29) is 11.9 Å². The molecule has 1 fully saturated rings. The number of quaternary nitrogens is 1. The van der Waals surface area contributed by atoms with Crippen LogP contribution in [0.5, 0.6) is 0 Å². The predicted molar refractivity (Wildman–Crippen MR) is 108 cm³/mol.